The molecule has 1 heterocycles. The van der Waals surface area contributed by atoms with Crippen LogP contribution >= 0.6 is 0 Å². The maximum absolute atomic E-state index is 11.5. The molecule has 0 amide bonds. The van der Waals surface area contributed by atoms with E-state index in [0.29, 0.717) is 5.69 Å². The van der Waals surface area contributed by atoms with E-state index in [1.54, 1.807) is 13.2 Å². The maximum Gasteiger partial charge on any atom is 0.229 e. The van der Waals surface area contributed by atoms with Crippen molar-refractivity contribution >= 4 is 26.6 Å². The Bertz CT molecular complexity index is 1020. The van der Waals surface area contributed by atoms with Gasteiger partial charge in [0.2, 0.25) is 10.0 Å². The zero-order valence-electron chi connectivity index (χ0n) is 14.8. The fourth-order valence-corrected chi connectivity index (χ4v) is 3.53. The number of nitrogens with zero attached hydrogens (tertiary/aromatic N) is 1. The lowest BCUT2D eigenvalue weighted by atomic mass is 10.0. The van der Waals surface area contributed by atoms with Crippen molar-refractivity contribution in [2.75, 3.05) is 18.1 Å². The topological polar surface area (TPSA) is 60.3 Å². The van der Waals surface area contributed by atoms with Crippen molar-refractivity contribution in [3.05, 3.63) is 48.7 Å². The fraction of sp³-hybridized carbons (Fsp3) is 0.263. The molecule has 2 aromatic carbocycles. The number of sulfonamides is 1. The van der Waals surface area contributed by atoms with Gasteiger partial charge in [-0.3, -0.25) is 4.72 Å². The van der Waals surface area contributed by atoms with Crippen LogP contribution in [0.15, 0.2) is 48.7 Å². The van der Waals surface area contributed by atoms with Crippen molar-refractivity contribution in [3.63, 3.8) is 0 Å². The van der Waals surface area contributed by atoms with E-state index in [-0.39, 0.29) is 6.04 Å². The molecule has 0 saturated carbocycles. The molecule has 0 aliphatic carbocycles. The number of benzene rings is 2. The van der Waals surface area contributed by atoms with Gasteiger partial charge in [-0.25, -0.2) is 8.42 Å². The fourth-order valence-electron chi connectivity index (χ4n) is 2.98. The van der Waals surface area contributed by atoms with Crippen molar-refractivity contribution in [1.82, 2.24) is 4.57 Å². The van der Waals surface area contributed by atoms with Crippen LogP contribution < -0.4 is 9.46 Å². The van der Waals surface area contributed by atoms with Crippen LogP contribution in [0.4, 0.5) is 5.69 Å². The number of ether oxygens (including phenoxy) is 1. The molecule has 0 aliphatic heterocycles. The molecular formula is C19H22N2O3S. The Kier molecular flexibility index (Phi) is 4.47. The second kappa shape index (κ2) is 6.44. The lowest BCUT2D eigenvalue weighted by Gasteiger charge is -2.10. The third-order valence-corrected chi connectivity index (χ3v) is 4.68. The second-order valence-corrected chi connectivity index (χ2v) is 8.13. The summed E-state index contributed by atoms with van der Waals surface area (Å²) in [6.45, 7) is 4.21. The lowest BCUT2D eigenvalue weighted by Crippen LogP contribution is -2.09. The molecule has 3 aromatic rings. The van der Waals surface area contributed by atoms with E-state index in [0.717, 1.165) is 34.0 Å². The van der Waals surface area contributed by atoms with Crippen molar-refractivity contribution in [2.24, 2.45) is 0 Å². The second-order valence-electron chi connectivity index (χ2n) is 6.38. The third kappa shape index (κ3) is 3.64. The summed E-state index contributed by atoms with van der Waals surface area (Å²) in [5.74, 6) is 0.804. The first-order valence-corrected chi connectivity index (χ1v) is 9.94. The highest BCUT2D eigenvalue weighted by atomic mass is 32.2. The predicted octanol–water partition coefficient (Wildman–Crippen LogP) is 4.27. The van der Waals surface area contributed by atoms with E-state index >= 15 is 0 Å². The summed E-state index contributed by atoms with van der Waals surface area (Å²) >= 11 is 0. The molecule has 3 rings (SSSR count). The van der Waals surface area contributed by atoms with Gasteiger partial charge in [0.25, 0.3) is 0 Å². The Morgan fingerprint density at radius 3 is 2.52 bits per heavy atom. The Hall–Kier alpha value is -2.47. The average molecular weight is 358 g/mol. The molecule has 0 saturated heterocycles. The Labute approximate surface area is 148 Å². The molecule has 0 bridgehead atoms. The van der Waals surface area contributed by atoms with E-state index in [4.69, 9.17) is 4.74 Å². The molecule has 0 unspecified atom stereocenters. The van der Waals surface area contributed by atoms with Crippen LogP contribution in [0.3, 0.4) is 0 Å². The number of anilines is 1. The molecule has 5 nitrogen and oxygen atoms in total. The molecule has 6 heteroatoms. The van der Waals surface area contributed by atoms with Gasteiger partial charge in [0.1, 0.15) is 5.75 Å². The molecule has 0 aliphatic rings. The van der Waals surface area contributed by atoms with Gasteiger partial charge < -0.3 is 9.30 Å². The van der Waals surface area contributed by atoms with Crippen molar-refractivity contribution in [1.29, 1.82) is 0 Å². The van der Waals surface area contributed by atoms with Crippen LogP contribution in [-0.4, -0.2) is 26.4 Å². The van der Waals surface area contributed by atoms with Crippen LogP contribution in [0, 0.1) is 0 Å². The van der Waals surface area contributed by atoms with Gasteiger partial charge >= 0.3 is 0 Å². The number of methoxy groups -OCH3 is 1. The van der Waals surface area contributed by atoms with Crippen LogP contribution in [0.5, 0.6) is 5.75 Å². The first kappa shape index (κ1) is 17.4. The molecular weight excluding hydrogens is 336 g/mol. The molecule has 1 N–H and O–H groups in total. The van der Waals surface area contributed by atoms with E-state index < -0.39 is 10.0 Å². The molecule has 0 spiro atoms. The number of nitrogens with one attached hydrogen (secondary N) is 1. The summed E-state index contributed by atoms with van der Waals surface area (Å²) in [5, 5.41) is 1.07. The quantitative estimate of drug-likeness (QED) is 0.741. The molecule has 0 radical (unpaired) electrons. The molecule has 1 aromatic heterocycles. The zero-order valence-corrected chi connectivity index (χ0v) is 15.6. The summed E-state index contributed by atoms with van der Waals surface area (Å²) in [6, 6.07) is 13.8. The summed E-state index contributed by atoms with van der Waals surface area (Å²) < 4.78 is 33.1. The average Bonchev–Trinajstić information content (AvgIpc) is 2.92. The summed E-state index contributed by atoms with van der Waals surface area (Å²) in [4.78, 5) is 0. The van der Waals surface area contributed by atoms with Gasteiger partial charge in [-0.15, -0.1) is 0 Å². The monoisotopic (exact) mass is 358 g/mol. The number of hydrogen-bond donors (Lipinski definition) is 1. The SMILES string of the molecule is COc1cccc(-c2cn(C(C)C)c3cc(NS(C)(=O)=O)ccc23)c1. The van der Waals surface area contributed by atoms with Gasteiger partial charge in [-0.1, -0.05) is 18.2 Å². The highest BCUT2D eigenvalue weighted by molar-refractivity contribution is 7.92. The van der Waals surface area contributed by atoms with E-state index in [1.807, 2.05) is 36.4 Å². The van der Waals surface area contributed by atoms with E-state index in [2.05, 4.69) is 29.3 Å². The third-order valence-electron chi connectivity index (χ3n) is 4.07. The van der Waals surface area contributed by atoms with Gasteiger partial charge in [0, 0.05) is 23.2 Å². The number of fused-ring (bicyclic) bond motifs is 1. The minimum absolute atomic E-state index is 0.246. The normalized spacial score (nSPS) is 11.9. The minimum atomic E-state index is -3.31. The largest absolute Gasteiger partial charge is 0.497 e. The number of aromatic nitrogens is 1. The zero-order chi connectivity index (χ0) is 18.2. The van der Waals surface area contributed by atoms with Crippen LogP contribution in [-0.2, 0) is 10.0 Å². The van der Waals surface area contributed by atoms with Crippen molar-refractivity contribution in [3.8, 4) is 16.9 Å². The summed E-state index contributed by atoms with van der Waals surface area (Å²) in [6.07, 6.45) is 3.26. The summed E-state index contributed by atoms with van der Waals surface area (Å²) in [7, 11) is -1.66. The van der Waals surface area contributed by atoms with Gasteiger partial charge in [0.05, 0.1) is 24.6 Å². The Balaban J connectivity index is 2.20. The van der Waals surface area contributed by atoms with Gasteiger partial charge in [-0.05, 0) is 43.7 Å². The summed E-state index contributed by atoms with van der Waals surface area (Å²) in [5.41, 5.74) is 3.70. The van der Waals surface area contributed by atoms with Crippen LogP contribution in [0.2, 0.25) is 0 Å². The van der Waals surface area contributed by atoms with Gasteiger partial charge in [-0.2, -0.15) is 0 Å². The lowest BCUT2D eigenvalue weighted by molar-refractivity contribution is 0.415. The smallest absolute Gasteiger partial charge is 0.229 e. The van der Waals surface area contributed by atoms with Crippen molar-refractivity contribution < 1.29 is 13.2 Å². The Morgan fingerprint density at radius 2 is 1.88 bits per heavy atom. The molecule has 25 heavy (non-hydrogen) atoms. The highest BCUT2D eigenvalue weighted by Crippen LogP contribution is 2.35. The number of hydrogen-bond acceptors (Lipinski definition) is 3. The standard InChI is InChI=1S/C19H22N2O3S/c1-13(2)21-12-18(14-6-5-7-16(10-14)24-3)17-9-8-15(11-19(17)21)20-25(4,22)23/h5-13,20H,1-4H3. The van der Waals surface area contributed by atoms with Crippen LogP contribution in [0.25, 0.3) is 22.0 Å². The molecule has 0 fully saturated rings. The minimum Gasteiger partial charge on any atom is -0.497 e. The molecule has 0 atom stereocenters. The van der Waals surface area contributed by atoms with E-state index in [9.17, 15) is 8.42 Å². The first-order valence-electron chi connectivity index (χ1n) is 8.05. The van der Waals surface area contributed by atoms with Gasteiger partial charge in [0.15, 0.2) is 0 Å². The number of rotatable bonds is 5. The molecule has 132 valence electrons. The van der Waals surface area contributed by atoms with E-state index in [1.165, 1.54) is 0 Å². The maximum atomic E-state index is 11.5. The van der Waals surface area contributed by atoms with Crippen molar-refractivity contribution in [2.45, 2.75) is 19.9 Å². The predicted molar refractivity (Wildman–Crippen MR) is 103 cm³/mol. The first-order chi connectivity index (χ1) is 11.8. The van der Waals surface area contributed by atoms with Crippen LogP contribution in [0.1, 0.15) is 19.9 Å². The highest BCUT2D eigenvalue weighted by Gasteiger charge is 2.14. The Morgan fingerprint density at radius 1 is 1.12 bits per heavy atom.